The normalized spacial score (nSPS) is 18.4. The van der Waals surface area contributed by atoms with Crippen molar-refractivity contribution in [2.75, 3.05) is 23.3 Å². The van der Waals surface area contributed by atoms with Crippen molar-refractivity contribution < 1.29 is 18.0 Å². The van der Waals surface area contributed by atoms with Crippen molar-refractivity contribution in [1.29, 1.82) is 0 Å². The summed E-state index contributed by atoms with van der Waals surface area (Å²) in [6, 6.07) is 1.10. The smallest absolute Gasteiger partial charge is 0.251 e. The fourth-order valence-corrected chi connectivity index (χ4v) is 2.26. The molecule has 1 aromatic rings. The fourth-order valence-electron chi connectivity index (χ4n) is 1.94. The highest BCUT2D eigenvalue weighted by molar-refractivity contribution is 9.09. The lowest BCUT2D eigenvalue weighted by molar-refractivity contribution is -0.0222. The summed E-state index contributed by atoms with van der Waals surface area (Å²) in [4.78, 5) is 16.7. The minimum atomic E-state index is -2.68. The maximum atomic E-state index is 13.9. The van der Waals surface area contributed by atoms with Crippen molar-refractivity contribution in [2.45, 2.75) is 18.8 Å². The van der Waals surface area contributed by atoms with Gasteiger partial charge < -0.3 is 4.90 Å². The lowest BCUT2D eigenvalue weighted by Crippen LogP contribution is -2.40. The van der Waals surface area contributed by atoms with Crippen LogP contribution in [0.1, 0.15) is 23.2 Å². The number of alkyl halides is 3. The number of rotatable bonds is 3. The Hall–Kier alpha value is -1.11. The first-order valence-corrected chi connectivity index (χ1v) is 6.92. The van der Waals surface area contributed by atoms with Gasteiger partial charge in [-0.15, -0.1) is 0 Å². The Bertz CT molecular complexity index is 486. The molecule has 104 valence electrons. The van der Waals surface area contributed by atoms with Crippen LogP contribution in [0.25, 0.3) is 0 Å². The van der Waals surface area contributed by atoms with E-state index < -0.39 is 11.7 Å². The van der Waals surface area contributed by atoms with Crippen LogP contribution in [-0.4, -0.2) is 35.1 Å². The van der Waals surface area contributed by atoms with Crippen LogP contribution in [0.15, 0.2) is 12.3 Å². The van der Waals surface area contributed by atoms with Crippen LogP contribution in [-0.2, 0) is 0 Å². The van der Waals surface area contributed by atoms with Crippen molar-refractivity contribution >= 4 is 27.5 Å². The average molecular weight is 337 g/mol. The molecule has 3 nitrogen and oxygen atoms in total. The minimum Gasteiger partial charge on any atom is -0.354 e. The molecule has 1 aliphatic rings. The third-order valence-electron chi connectivity index (χ3n) is 3.06. The third kappa shape index (κ3) is 3.26. The molecule has 1 aromatic heterocycles. The number of carbonyl (C=O) groups excluding carboxylic acids is 1. The Morgan fingerprint density at radius 3 is 2.58 bits per heavy atom. The summed E-state index contributed by atoms with van der Waals surface area (Å²) in [5.41, 5.74) is 0.167. The number of nitrogens with zero attached hydrogens (tertiary/aromatic N) is 2. The molecule has 1 fully saturated rings. The first-order valence-electron chi connectivity index (χ1n) is 5.80. The van der Waals surface area contributed by atoms with Crippen molar-refractivity contribution in [2.24, 2.45) is 0 Å². The monoisotopic (exact) mass is 336 g/mol. The Balaban J connectivity index is 2.16. The minimum absolute atomic E-state index is 0.0293. The standard InChI is InChI=1S/C12H12BrF3N2O/c13-6-10(19)8-5-9(14)11(17-7-8)18-3-1-12(15,16)2-4-18/h5,7H,1-4,6H2. The average Bonchev–Trinajstić information content (AvgIpc) is 2.38. The van der Waals surface area contributed by atoms with E-state index >= 15 is 0 Å². The molecule has 0 saturated carbocycles. The van der Waals surface area contributed by atoms with Gasteiger partial charge >= 0.3 is 0 Å². The summed E-state index contributed by atoms with van der Waals surface area (Å²) in [7, 11) is 0. The highest BCUT2D eigenvalue weighted by Gasteiger charge is 2.35. The number of pyridine rings is 1. The van der Waals surface area contributed by atoms with Crippen LogP contribution in [0.3, 0.4) is 0 Å². The molecular formula is C12H12BrF3N2O. The van der Waals surface area contributed by atoms with Gasteiger partial charge in [-0.2, -0.15) is 0 Å². The summed E-state index contributed by atoms with van der Waals surface area (Å²) in [5.74, 6) is -3.58. The van der Waals surface area contributed by atoms with E-state index in [1.165, 1.54) is 11.1 Å². The van der Waals surface area contributed by atoms with Gasteiger partial charge in [0.1, 0.15) is 0 Å². The van der Waals surface area contributed by atoms with Crippen molar-refractivity contribution in [3.05, 3.63) is 23.6 Å². The number of aromatic nitrogens is 1. The second kappa shape index (κ2) is 5.48. The third-order valence-corrected chi connectivity index (χ3v) is 3.57. The maximum Gasteiger partial charge on any atom is 0.251 e. The first-order chi connectivity index (χ1) is 8.93. The van der Waals surface area contributed by atoms with Gasteiger partial charge in [0.25, 0.3) is 5.92 Å². The van der Waals surface area contributed by atoms with E-state index in [1.807, 2.05) is 0 Å². The van der Waals surface area contributed by atoms with Gasteiger partial charge in [-0.1, -0.05) is 15.9 Å². The zero-order chi connectivity index (χ0) is 14.0. The van der Waals surface area contributed by atoms with Gasteiger partial charge in [0.2, 0.25) is 0 Å². The summed E-state index contributed by atoms with van der Waals surface area (Å²) in [6.07, 6.45) is 0.654. The molecule has 1 saturated heterocycles. The molecule has 2 heterocycles. The van der Waals surface area contributed by atoms with Crippen LogP contribution in [0.5, 0.6) is 0 Å². The Labute approximate surface area is 116 Å². The molecule has 0 bridgehead atoms. The number of ketones is 1. The molecule has 0 atom stereocenters. The maximum absolute atomic E-state index is 13.9. The quantitative estimate of drug-likeness (QED) is 0.628. The molecule has 19 heavy (non-hydrogen) atoms. The highest BCUT2D eigenvalue weighted by atomic mass is 79.9. The van der Waals surface area contributed by atoms with E-state index in [2.05, 4.69) is 20.9 Å². The van der Waals surface area contributed by atoms with E-state index in [-0.39, 0.29) is 48.4 Å². The van der Waals surface area contributed by atoms with Crippen LogP contribution >= 0.6 is 15.9 Å². The predicted molar refractivity (Wildman–Crippen MR) is 68.7 cm³/mol. The Kier molecular flexibility index (Phi) is 4.13. The number of hydrogen-bond donors (Lipinski definition) is 0. The molecule has 7 heteroatoms. The molecule has 0 aromatic carbocycles. The number of anilines is 1. The lowest BCUT2D eigenvalue weighted by atomic mass is 10.1. The van der Waals surface area contributed by atoms with Crippen molar-refractivity contribution in [3.63, 3.8) is 0 Å². The lowest BCUT2D eigenvalue weighted by Gasteiger charge is -2.32. The van der Waals surface area contributed by atoms with E-state index in [0.717, 1.165) is 6.07 Å². The van der Waals surface area contributed by atoms with E-state index in [1.54, 1.807) is 0 Å². The molecule has 0 aliphatic carbocycles. The van der Waals surface area contributed by atoms with Crippen LogP contribution in [0.2, 0.25) is 0 Å². The van der Waals surface area contributed by atoms with Gasteiger partial charge in [0, 0.05) is 37.7 Å². The number of Topliss-reactive ketones (excluding diaryl/α,β-unsaturated/α-hetero) is 1. The number of halogens is 4. The molecule has 1 aliphatic heterocycles. The molecule has 0 spiro atoms. The largest absolute Gasteiger partial charge is 0.354 e. The van der Waals surface area contributed by atoms with Crippen LogP contribution < -0.4 is 4.90 Å². The summed E-state index contributed by atoms with van der Waals surface area (Å²) >= 11 is 2.99. The van der Waals surface area contributed by atoms with Crippen molar-refractivity contribution in [3.8, 4) is 0 Å². The molecule has 0 radical (unpaired) electrons. The second-order valence-corrected chi connectivity index (χ2v) is 4.99. The number of piperidine rings is 1. The summed E-state index contributed by atoms with van der Waals surface area (Å²) in [6.45, 7) is 0.116. The van der Waals surface area contributed by atoms with E-state index in [9.17, 15) is 18.0 Å². The SMILES string of the molecule is O=C(CBr)c1cnc(N2CCC(F)(F)CC2)c(F)c1. The Morgan fingerprint density at radius 1 is 1.42 bits per heavy atom. The summed E-state index contributed by atoms with van der Waals surface area (Å²) in [5, 5.41) is 0.0867. The van der Waals surface area contributed by atoms with Gasteiger partial charge in [0.05, 0.1) is 5.33 Å². The Morgan fingerprint density at radius 2 is 2.05 bits per heavy atom. The van der Waals surface area contributed by atoms with Gasteiger partial charge in [-0.3, -0.25) is 4.79 Å². The van der Waals surface area contributed by atoms with Gasteiger partial charge in [-0.25, -0.2) is 18.2 Å². The van der Waals surface area contributed by atoms with Crippen LogP contribution in [0.4, 0.5) is 19.0 Å². The zero-order valence-corrected chi connectivity index (χ0v) is 11.6. The highest BCUT2D eigenvalue weighted by Crippen LogP contribution is 2.30. The number of hydrogen-bond acceptors (Lipinski definition) is 3. The molecule has 0 unspecified atom stereocenters. The zero-order valence-electron chi connectivity index (χ0n) is 10.0. The summed E-state index contributed by atoms with van der Waals surface area (Å²) < 4.78 is 39.9. The van der Waals surface area contributed by atoms with Gasteiger partial charge in [-0.05, 0) is 6.07 Å². The number of carbonyl (C=O) groups is 1. The molecular weight excluding hydrogens is 325 g/mol. The van der Waals surface area contributed by atoms with Gasteiger partial charge in [0.15, 0.2) is 17.4 Å². The second-order valence-electron chi connectivity index (χ2n) is 4.43. The predicted octanol–water partition coefficient (Wildman–Crippen LogP) is 3.03. The van der Waals surface area contributed by atoms with Crippen molar-refractivity contribution in [1.82, 2.24) is 4.98 Å². The van der Waals surface area contributed by atoms with E-state index in [0.29, 0.717) is 0 Å². The molecule has 0 N–H and O–H groups in total. The molecule has 2 rings (SSSR count). The fraction of sp³-hybridized carbons (Fsp3) is 0.500. The molecule has 0 amide bonds. The first kappa shape index (κ1) is 14.3. The van der Waals surface area contributed by atoms with Crippen LogP contribution in [0, 0.1) is 5.82 Å². The topological polar surface area (TPSA) is 33.2 Å². The van der Waals surface area contributed by atoms with E-state index in [4.69, 9.17) is 0 Å².